The van der Waals surface area contributed by atoms with Crippen LogP contribution in [0.25, 0.3) is 16.7 Å². The molecule has 3 heterocycles. The van der Waals surface area contributed by atoms with E-state index in [-0.39, 0.29) is 22.8 Å². The van der Waals surface area contributed by atoms with Crippen LogP contribution in [0, 0.1) is 6.92 Å². The number of anilines is 1. The Hall–Kier alpha value is -3.48. The number of nitrogens with one attached hydrogen (secondary N) is 1. The van der Waals surface area contributed by atoms with Crippen molar-refractivity contribution in [1.82, 2.24) is 14.7 Å². The van der Waals surface area contributed by atoms with E-state index in [9.17, 15) is 9.59 Å². The lowest BCUT2D eigenvalue weighted by molar-refractivity contribution is -0.648. The van der Waals surface area contributed by atoms with E-state index in [4.69, 9.17) is 5.73 Å². The highest BCUT2D eigenvalue weighted by Crippen LogP contribution is 2.15. The zero-order valence-corrected chi connectivity index (χ0v) is 14.5. The molecule has 0 aliphatic carbocycles. The molecule has 0 bridgehead atoms. The van der Waals surface area contributed by atoms with Crippen LogP contribution in [0.3, 0.4) is 0 Å². The first-order valence-corrected chi connectivity index (χ1v) is 8.13. The van der Waals surface area contributed by atoms with E-state index in [0.717, 1.165) is 5.56 Å². The van der Waals surface area contributed by atoms with Crippen LogP contribution in [0.15, 0.2) is 54.5 Å². The Morgan fingerprint density at radius 1 is 1.38 bits per heavy atom. The summed E-state index contributed by atoms with van der Waals surface area (Å²) in [5, 5.41) is 3.00. The van der Waals surface area contributed by atoms with E-state index in [1.807, 2.05) is 13.0 Å². The second-order valence-corrected chi connectivity index (χ2v) is 5.93. The number of hydrogen-bond acceptors (Lipinski definition) is 4. The van der Waals surface area contributed by atoms with Crippen molar-refractivity contribution in [3.8, 4) is 0 Å². The van der Waals surface area contributed by atoms with Gasteiger partial charge in [-0.15, -0.1) is 6.58 Å². The minimum Gasteiger partial charge on any atom is -0.348 e. The number of allylic oxidation sites excluding steroid dienone is 1. The van der Waals surface area contributed by atoms with E-state index < -0.39 is 0 Å². The van der Waals surface area contributed by atoms with Crippen LogP contribution in [0.2, 0.25) is 0 Å². The molecule has 0 spiro atoms. The van der Waals surface area contributed by atoms with Crippen molar-refractivity contribution in [1.29, 1.82) is 0 Å². The maximum absolute atomic E-state index is 13.0. The molecular weight excluding hydrogens is 330 g/mol. The molecule has 0 unspecified atom stereocenters. The Morgan fingerprint density at radius 3 is 2.85 bits per heavy atom. The highest BCUT2D eigenvalue weighted by Gasteiger charge is 2.23. The summed E-state index contributed by atoms with van der Waals surface area (Å²) in [4.78, 5) is 30.0. The molecule has 7 heteroatoms. The fourth-order valence-electron chi connectivity index (χ4n) is 2.81. The quantitative estimate of drug-likeness (QED) is 0.410. The zero-order chi connectivity index (χ0) is 18.8. The Bertz CT molecular complexity index is 1110. The van der Waals surface area contributed by atoms with Gasteiger partial charge in [-0.3, -0.25) is 14.0 Å². The van der Waals surface area contributed by atoms with Gasteiger partial charge in [0.25, 0.3) is 17.1 Å². The van der Waals surface area contributed by atoms with Crippen LogP contribution in [0.4, 0.5) is 5.82 Å². The number of aromatic nitrogens is 3. The Kier molecular flexibility index (Phi) is 4.53. The Balaban J connectivity index is 2.40. The summed E-state index contributed by atoms with van der Waals surface area (Å²) in [6.45, 7) is 9.81. The molecule has 0 saturated carbocycles. The number of carbonyl (C=O) groups is 1. The molecule has 0 aliphatic heterocycles. The molecule has 0 saturated heterocycles. The minimum absolute atomic E-state index is 0.215. The number of nitrogen functional groups attached to an aromatic ring is 1. The molecule has 3 N–H and O–H groups in total. The number of nitrogens with zero attached hydrogens (tertiary/aromatic N) is 3. The predicted octanol–water partition coefficient (Wildman–Crippen LogP) is 1.13. The molecule has 1 amide bonds. The largest absolute Gasteiger partial charge is 0.348 e. The average Bonchev–Trinajstić information content (AvgIpc) is 2.63. The Morgan fingerprint density at radius 2 is 2.15 bits per heavy atom. The van der Waals surface area contributed by atoms with Gasteiger partial charge < -0.3 is 11.1 Å². The van der Waals surface area contributed by atoms with Crippen LogP contribution < -0.4 is 21.2 Å². The summed E-state index contributed by atoms with van der Waals surface area (Å²) >= 11 is 0. The summed E-state index contributed by atoms with van der Waals surface area (Å²) in [5.74, 6) is -0.154. The monoisotopic (exact) mass is 350 g/mol. The molecule has 0 atom stereocenters. The summed E-state index contributed by atoms with van der Waals surface area (Å²) in [5.41, 5.74) is 8.01. The maximum atomic E-state index is 13.0. The van der Waals surface area contributed by atoms with Gasteiger partial charge in [-0.2, -0.15) is 0 Å². The first kappa shape index (κ1) is 17.3. The molecule has 132 valence electrons. The number of amides is 1. The summed E-state index contributed by atoms with van der Waals surface area (Å²) < 4.78 is 3.09. The average molecular weight is 350 g/mol. The van der Waals surface area contributed by atoms with Crippen molar-refractivity contribution in [3.05, 3.63) is 71.2 Å². The maximum Gasteiger partial charge on any atom is 0.278 e. The number of nitrogens with two attached hydrogens (primary N) is 1. The molecule has 0 radical (unpaired) electrons. The molecule has 0 aromatic carbocycles. The van der Waals surface area contributed by atoms with Gasteiger partial charge in [-0.25, -0.2) is 4.57 Å². The normalized spacial score (nSPS) is 10.8. The number of rotatable bonds is 5. The van der Waals surface area contributed by atoms with E-state index in [2.05, 4.69) is 23.5 Å². The number of aryl methyl sites for hydroxylation is 1. The third-order valence-electron chi connectivity index (χ3n) is 4.06. The third-order valence-corrected chi connectivity index (χ3v) is 4.06. The lowest BCUT2D eigenvalue weighted by atomic mass is 10.1. The minimum atomic E-state index is -0.379. The van der Waals surface area contributed by atoms with E-state index in [1.165, 1.54) is 10.5 Å². The van der Waals surface area contributed by atoms with Gasteiger partial charge in [0.1, 0.15) is 10.9 Å². The van der Waals surface area contributed by atoms with E-state index >= 15 is 0 Å². The number of fused-ring (bicyclic) bond motifs is 2. The van der Waals surface area contributed by atoms with E-state index in [1.54, 1.807) is 29.0 Å². The smallest absolute Gasteiger partial charge is 0.278 e. The van der Waals surface area contributed by atoms with Crippen molar-refractivity contribution < 1.29 is 9.36 Å². The highest BCUT2D eigenvalue weighted by atomic mass is 16.1. The van der Waals surface area contributed by atoms with Gasteiger partial charge in [0.15, 0.2) is 0 Å². The van der Waals surface area contributed by atoms with Crippen LogP contribution in [0.5, 0.6) is 0 Å². The predicted molar refractivity (Wildman–Crippen MR) is 101 cm³/mol. The molecule has 3 aromatic heterocycles. The second kappa shape index (κ2) is 6.79. The molecule has 3 rings (SSSR count). The van der Waals surface area contributed by atoms with Gasteiger partial charge in [-0.05, 0) is 24.6 Å². The van der Waals surface area contributed by atoms with Crippen molar-refractivity contribution in [2.45, 2.75) is 13.5 Å². The fourth-order valence-corrected chi connectivity index (χ4v) is 2.81. The standard InChI is InChI=1S/C19H19N5O2/c1-4-8-21-18(25)13-10-14-17(23(9-5-2)16(13)20)22-15-7-6-12(3)11-24(15)19(14)26/h4-7,10-11,20H,1-2,8-9H2,3H3,(H,21,25)/p+1. The second-order valence-electron chi connectivity index (χ2n) is 5.93. The highest BCUT2D eigenvalue weighted by molar-refractivity contribution is 6.00. The fraction of sp³-hybridized carbons (Fsp3) is 0.158. The van der Waals surface area contributed by atoms with Gasteiger partial charge in [-0.1, -0.05) is 29.8 Å². The third kappa shape index (κ3) is 2.83. The van der Waals surface area contributed by atoms with E-state index in [0.29, 0.717) is 29.8 Å². The summed E-state index contributed by atoms with van der Waals surface area (Å²) in [6, 6.07) is 5.15. The Labute approximate surface area is 150 Å². The van der Waals surface area contributed by atoms with Crippen molar-refractivity contribution in [3.63, 3.8) is 0 Å². The van der Waals surface area contributed by atoms with Crippen LogP contribution in [0.1, 0.15) is 15.9 Å². The lowest BCUT2D eigenvalue weighted by Gasteiger charge is -2.11. The molecule has 3 aromatic rings. The van der Waals surface area contributed by atoms with Crippen LogP contribution >= 0.6 is 0 Å². The summed E-state index contributed by atoms with van der Waals surface area (Å²) in [7, 11) is 0. The van der Waals surface area contributed by atoms with Gasteiger partial charge in [0.05, 0.1) is 6.54 Å². The lowest BCUT2D eigenvalue weighted by Crippen LogP contribution is -2.42. The van der Waals surface area contributed by atoms with Crippen LogP contribution in [-0.2, 0) is 6.54 Å². The van der Waals surface area contributed by atoms with Gasteiger partial charge in [0, 0.05) is 12.7 Å². The molecule has 7 nitrogen and oxygen atoms in total. The number of hydrogen-bond donors (Lipinski definition) is 2. The van der Waals surface area contributed by atoms with Gasteiger partial charge >= 0.3 is 0 Å². The van der Waals surface area contributed by atoms with Crippen molar-refractivity contribution in [2.75, 3.05) is 12.3 Å². The topological polar surface area (TPSA) is 93.4 Å². The van der Waals surface area contributed by atoms with Crippen molar-refractivity contribution in [2.24, 2.45) is 0 Å². The molecule has 26 heavy (non-hydrogen) atoms. The summed E-state index contributed by atoms with van der Waals surface area (Å²) in [6.07, 6.45) is 4.93. The molecular formula is C19H20N5O2+. The molecule has 0 fully saturated rings. The van der Waals surface area contributed by atoms with Gasteiger partial charge in [0.2, 0.25) is 11.5 Å². The number of carbonyl (C=O) groups excluding carboxylic acids is 1. The first-order chi connectivity index (χ1) is 12.5. The zero-order valence-electron chi connectivity index (χ0n) is 14.5. The SMILES string of the molecule is C=CCNC(=O)c1cc2c(=O)n3cc(C)ccc3nc2[n+](CC=C)c1N. The number of pyridine rings is 2. The van der Waals surface area contributed by atoms with Crippen molar-refractivity contribution >= 4 is 28.4 Å². The molecule has 0 aliphatic rings. The first-order valence-electron chi connectivity index (χ1n) is 8.13. The van der Waals surface area contributed by atoms with Crippen LogP contribution in [-0.4, -0.2) is 21.8 Å².